The van der Waals surface area contributed by atoms with E-state index in [9.17, 15) is 14.4 Å². The Morgan fingerprint density at radius 2 is 1.79 bits per heavy atom. The van der Waals surface area contributed by atoms with Crippen LogP contribution in [0.3, 0.4) is 0 Å². The number of aromatic nitrogens is 2. The minimum atomic E-state index is -0.377. The fourth-order valence-corrected chi connectivity index (χ4v) is 6.49. The van der Waals surface area contributed by atoms with Crippen molar-refractivity contribution in [3.63, 3.8) is 0 Å². The van der Waals surface area contributed by atoms with Crippen molar-refractivity contribution in [3.05, 3.63) is 95.7 Å². The molecule has 274 valence electrons. The molecule has 2 heterocycles. The summed E-state index contributed by atoms with van der Waals surface area (Å²) in [6, 6.07) is 24.4. The van der Waals surface area contributed by atoms with Crippen LogP contribution in [0.4, 0.5) is 11.4 Å². The van der Waals surface area contributed by atoms with Crippen LogP contribution in [0.5, 0.6) is 23.3 Å². The number of carbonyl (C=O) groups is 2. The molecule has 2 N–H and O–H groups in total. The van der Waals surface area contributed by atoms with Gasteiger partial charge in [-0.25, -0.2) is 4.79 Å². The average Bonchev–Trinajstić information content (AvgIpc) is 3.59. The molecule has 0 spiro atoms. The second kappa shape index (κ2) is 16.9. The van der Waals surface area contributed by atoms with Crippen molar-refractivity contribution >= 4 is 40.7 Å². The lowest BCUT2D eigenvalue weighted by molar-refractivity contribution is -0.105. The van der Waals surface area contributed by atoms with Crippen LogP contribution in [0, 0.1) is 6.92 Å². The number of fused-ring (bicyclic) bond motifs is 1. The first-order chi connectivity index (χ1) is 25.8. The number of imidazole rings is 1. The molecule has 1 aliphatic rings. The van der Waals surface area contributed by atoms with E-state index in [2.05, 4.69) is 33.1 Å². The molecule has 0 atom stereocenters. The Balaban J connectivity index is 1.21. The molecule has 0 saturated carbocycles. The zero-order chi connectivity index (χ0) is 37.3. The smallest absolute Gasteiger partial charge is 0.300 e. The van der Waals surface area contributed by atoms with Gasteiger partial charge < -0.3 is 39.2 Å². The van der Waals surface area contributed by atoms with Crippen LogP contribution in [0.2, 0.25) is 0 Å². The largest absolute Gasteiger partial charge is 0.494 e. The van der Waals surface area contributed by atoms with Crippen LogP contribution >= 0.6 is 0 Å². The van der Waals surface area contributed by atoms with E-state index in [1.165, 1.54) is 12.0 Å². The molecule has 0 radical (unpaired) electrons. The van der Waals surface area contributed by atoms with Crippen LogP contribution in [0.1, 0.15) is 35.2 Å². The monoisotopic (exact) mass is 716 g/mol. The van der Waals surface area contributed by atoms with E-state index in [-0.39, 0.29) is 17.2 Å². The molecule has 0 unspecified atom stereocenters. The first kappa shape index (κ1) is 36.7. The van der Waals surface area contributed by atoms with Gasteiger partial charge >= 0.3 is 0 Å². The number of ether oxygens (including phenoxy) is 3. The van der Waals surface area contributed by atoms with Crippen LogP contribution in [0.15, 0.2) is 84.6 Å². The zero-order valence-corrected chi connectivity index (χ0v) is 30.5. The van der Waals surface area contributed by atoms with Gasteiger partial charge in [0, 0.05) is 44.4 Å². The lowest BCUT2D eigenvalue weighted by Gasteiger charge is -2.34. The summed E-state index contributed by atoms with van der Waals surface area (Å²) in [6.45, 7) is 5.87. The molecule has 12 nitrogen and oxygen atoms in total. The third kappa shape index (κ3) is 8.35. The minimum absolute atomic E-state index is 0.221. The quantitative estimate of drug-likeness (QED) is 0.0691. The van der Waals surface area contributed by atoms with Gasteiger partial charge in [0.1, 0.15) is 23.0 Å². The molecule has 53 heavy (non-hydrogen) atoms. The first-order valence-electron chi connectivity index (χ1n) is 17.6. The maximum absolute atomic E-state index is 14.2. The Morgan fingerprint density at radius 3 is 2.53 bits per heavy atom. The first-order valence-corrected chi connectivity index (χ1v) is 17.6. The number of nitrogens with one attached hydrogen (secondary N) is 2. The summed E-state index contributed by atoms with van der Waals surface area (Å²) in [4.78, 5) is 51.7. The highest BCUT2D eigenvalue weighted by Gasteiger charge is 2.26. The third-order valence-electron chi connectivity index (χ3n) is 9.38. The second-order valence-corrected chi connectivity index (χ2v) is 13.0. The standard InChI is InChI=1S/C41H44N6O6/c1-28-16-19-35(36(25-28)52-24-9-8-11-29(26-48)47-22-20-45(2)21-23-47)46(3)40(50)33-18-17-32(39(51-4)38(33)42-27-49)31-14-10-15-34-37(31)44-41(43-34)53-30-12-6-5-7-13-30/h5-7,10,12-19,25,27H,8-9,11,20-24H2,1-4H3,(H,42,49)(H,43,44). The maximum atomic E-state index is 14.2. The number of para-hydroxylation sites is 2. The predicted molar refractivity (Wildman–Crippen MR) is 206 cm³/mol. The van der Waals surface area contributed by atoms with Gasteiger partial charge in [0.25, 0.3) is 11.9 Å². The van der Waals surface area contributed by atoms with Crippen molar-refractivity contribution in [2.24, 2.45) is 0 Å². The Hall–Kier alpha value is -6.10. The van der Waals surface area contributed by atoms with Gasteiger partial charge in [-0.2, -0.15) is 4.98 Å². The molecule has 4 aromatic carbocycles. The number of piperazine rings is 1. The summed E-state index contributed by atoms with van der Waals surface area (Å²) < 4.78 is 18.1. The second-order valence-electron chi connectivity index (χ2n) is 13.0. The van der Waals surface area contributed by atoms with Gasteiger partial charge in [-0.3, -0.25) is 9.59 Å². The highest BCUT2D eigenvalue weighted by atomic mass is 16.5. The summed E-state index contributed by atoms with van der Waals surface area (Å²) >= 11 is 0. The normalized spacial score (nSPS) is 12.9. The molecule has 6 rings (SSSR count). The summed E-state index contributed by atoms with van der Waals surface area (Å²) in [5.41, 5.74) is 5.41. The molecular formula is C41H44N6O6. The molecule has 1 saturated heterocycles. The number of rotatable bonds is 15. The number of likely N-dealkylation sites (N-methyl/N-ethyl adjacent to an activating group) is 1. The van der Waals surface area contributed by atoms with Crippen molar-refractivity contribution < 1.29 is 28.6 Å². The van der Waals surface area contributed by atoms with Crippen molar-refractivity contribution in [2.75, 3.05) is 64.2 Å². The highest BCUT2D eigenvalue weighted by Crippen LogP contribution is 2.42. The number of anilines is 2. The fraction of sp³-hybridized carbons (Fsp3) is 0.293. The number of hydrogen-bond donors (Lipinski definition) is 2. The van der Waals surface area contributed by atoms with Crippen molar-refractivity contribution in [1.82, 2.24) is 19.8 Å². The van der Waals surface area contributed by atoms with Gasteiger partial charge in [-0.1, -0.05) is 36.4 Å². The van der Waals surface area contributed by atoms with E-state index in [1.54, 1.807) is 19.2 Å². The Bertz CT molecular complexity index is 2120. The number of aromatic amines is 1. The van der Waals surface area contributed by atoms with Crippen molar-refractivity contribution in [3.8, 4) is 34.4 Å². The van der Waals surface area contributed by atoms with E-state index >= 15 is 0 Å². The predicted octanol–water partition coefficient (Wildman–Crippen LogP) is 6.70. The number of nitrogens with zero attached hydrogens (tertiary/aromatic N) is 4. The number of benzene rings is 4. The number of H-pyrrole nitrogens is 1. The lowest BCUT2D eigenvalue weighted by atomic mass is 9.98. The SMILES string of the molecule is COc1c(-c2cccc3[nH]c(Oc4ccccc4)nc23)ccc(C(=O)N(C)c2ccc(C)cc2OCCCCC(=C=O)N2CCN(C)CC2)c1NC=O. The molecule has 0 aliphatic carbocycles. The van der Waals surface area contributed by atoms with Crippen LogP contribution in [0.25, 0.3) is 22.2 Å². The molecule has 12 heteroatoms. The molecule has 1 aromatic heterocycles. The van der Waals surface area contributed by atoms with Crippen molar-refractivity contribution in [1.29, 1.82) is 0 Å². The Kier molecular flexibility index (Phi) is 11.7. The Morgan fingerprint density at radius 1 is 1.00 bits per heavy atom. The van der Waals surface area contributed by atoms with E-state index in [0.29, 0.717) is 70.7 Å². The molecule has 5 aromatic rings. The van der Waals surface area contributed by atoms with Gasteiger partial charge in [-0.15, -0.1) is 0 Å². The maximum Gasteiger partial charge on any atom is 0.300 e. The van der Waals surface area contributed by atoms with Gasteiger partial charge in [-0.05, 0) is 81.3 Å². The summed E-state index contributed by atoms with van der Waals surface area (Å²) in [7, 11) is 5.24. The highest BCUT2D eigenvalue weighted by molar-refractivity contribution is 6.13. The van der Waals surface area contributed by atoms with Crippen LogP contribution in [-0.4, -0.2) is 92.0 Å². The minimum Gasteiger partial charge on any atom is -0.494 e. The summed E-state index contributed by atoms with van der Waals surface area (Å²) in [5.74, 6) is 3.27. The summed E-state index contributed by atoms with van der Waals surface area (Å²) in [5, 5.41) is 2.72. The van der Waals surface area contributed by atoms with Gasteiger partial charge in [0.05, 0.1) is 41.9 Å². The number of amides is 2. The molecule has 1 aliphatic heterocycles. The average molecular weight is 717 g/mol. The number of carbonyl (C=O) groups excluding carboxylic acids is 3. The number of allylic oxidation sites excluding steroid dienone is 1. The number of unbranched alkanes of at least 4 members (excludes halogenated alkanes) is 1. The molecule has 1 fully saturated rings. The lowest BCUT2D eigenvalue weighted by Crippen LogP contribution is -2.44. The van der Waals surface area contributed by atoms with Crippen LogP contribution in [-0.2, 0) is 9.59 Å². The van der Waals surface area contributed by atoms with E-state index in [0.717, 1.165) is 50.1 Å². The van der Waals surface area contributed by atoms with E-state index in [4.69, 9.17) is 19.2 Å². The van der Waals surface area contributed by atoms with Gasteiger partial charge in [0.2, 0.25) is 6.41 Å². The van der Waals surface area contributed by atoms with Crippen LogP contribution < -0.4 is 24.4 Å². The van der Waals surface area contributed by atoms with E-state index in [1.807, 2.05) is 73.7 Å². The van der Waals surface area contributed by atoms with Crippen molar-refractivity contribution in [2.45, 2.75) is 26.2 Å². The Labute approximate surface area is 309 Å². The molecule has 2 amide bonds. The topological polar surface area (TPSA) is 129 Å². The van der Waals surface area contributed by atoms with E-state index < -0.39 is 0 Å². The number of hydrogen-bond acceptors (Lipinski definition) is 9. The number of aryl methyl sites for hydroxylation is 1. The summed E-state index contributed by atoms with van der Waals surface area (Å²) in [6.07, 6.45) is 2.65. The molecule has 0 bridgehead atoms. The van der Waals surface area contributed by atoms with Gasteiger partial charge in [0.15, 0.2) is 5.75 Å². The number of methoxy groups -OCH3 is 1. The fourth-order valence-electron chi connectivity index (χ4n) is 6.49. The third-order valence-corrected chi connectivity index (χ3v) is 9.38. The molecular weight excluding hydrogens is 672 g/mol. The zero-order valence-electron chi connectivity index (χ0n) is 30.5.